The fraction of sp³-hybridized carbons (Fsp3) is 1.00. The Morgan fingerprint density at radius 2 is 2.08 bits per heavy atom. The predicted octanol–water partition coefficient (Wildman–Crippen LogP) is 1.01. The van der Waals surface area contributed by atoms with Crippen molar-refractivity contribution in [2.24, 2.45) is 0 Å². The highest BCUT2D eigenvalue weighted by atomic mass is 19.4. The van der Waals surface area contributed by atoms with E-state index in [9.17, 15) is 12.9 Å². The van der Waals surface area contributed by atoms with Gasteiger partial charge in [-0.1, -0.05) is 0 Å². The highest BCUT2D eigenvalue weighted by Gasteiger charge is 2.30. The molecular weight excluding hydrogens is 180 g/mol. The zero-order chi connectivity index (χ0) is 10.1. The van der Waals surface area contributed by atoms with Crippen LogP contribution < -0.4 is 0 Å². The van der Waals surface area contributed by atoms with Crippen LogP contribution in [0.3, 0.4) is 0 Å². The van der Waals surface area contributed by atoms with Crippen LogP contribution in [0.15, 0.2) is 0 Å². The Morgan fingerprint density at radius 1 is 1.46 bits per heavy atom. The van der Waals surface area contributed by atoms with E-state index >= 15 is 0 Å². The molecule has 1 unspecified atom stereocenters. The second-order valence-corrected chi connectivity index (χ2v) is 3.85. The van der Waals surface area contributed by atoms with Crippen molar-refractivity contribution < 1.29 is 12.9 Å². The van der Waals surface area contributed by atoms with Gasteiger partial charge in [0.1, 0.15) is 0 Å². The molecule has 1 heterocycles. The van der Waals surface area contributed by atoms with E-state index in [1.165, 1.54) is 4.90 Å². The summed E-state index contributed by atoms with van der Waals surface area (Å²) in [6.45, 7) is -3.02. The monoisotopic (exact) mass is 195 g/mol. The van der Waals surface area contributed by atoms with Crippen LogP contribution in [-0.4, -0.2) is 56.4 Å². The van der Waals surface area contributed by atoms with Crippen molar-refractivity contribution in [3.05, 3.63) is 0 Å². The minimum Gasteiger partial charge on any atom is -0.448 e. The van der Waals surface area contributed by atoms with Crippen molar-refractivity contribution in [1.29, 1.82) is 0 Å². The third-order valence-corrected chi connectivity index (χ3v) is 2.48. The summed E-state index contributed by atoms with van der Waals surface area (Å²) in [4.78, 5) is 3.48. The maximum absolute atomic E-state index is 12.1. The normalized spacial score (nSPS) is 25.8. The fourth-order valence-electron chi connectivity index (χ4n) is 1.75. The maximum Gasteiger partial charge on any atom is 0.492 e. The molecule has 1 fully saturated rings. The minimum atomic E-state index is -4.67. The average Bonchev–Trinajstić information content (AvgIpc) is 2.31. The SMILES string of the molecule is CN1CCC(N(C)C[B-](F)(F)F)C1. The molecule has 0 aromatic rings. The average molecular weight is 195 g/mol. The Hall–Kier alpha value is -0.225. The van der Waals surface area contributed by atoms with Gasteiger partial charge in [0, 0.05) is 12.6 Å². The van der Waals surface area contributed by atoms with Gasteiger partial charge in [0.2, 0.25) is 0 Å². The van der Waals surface area contributed by atoms with Gasteiger partial charge in [-0.2, -0.15) is 0 Å². The Balaban J connectivity index is 2.36. The number of likely N-dealkylation sites (N-methyl/N-ethyl adjacent to an activating group) is 2. The van der Waals surface area contributed by atoms with Crippen molar-refractivity contribution in [3.63, 3.8) is 0 Å². The first-order valence-electron chi connectivity index (χ1n) is 4.48. The van der Waals surface area contributed by atoms with Crippen molar-refractivity contribution in [1.82, 2.24) is 9.80 Å². The summed E-state index contributed by atoms with van der Waals surface area (Å²) in [6.07, 6.45) is 0.109. The van der Waals surface area contributed by atoms with Gasteiger partial charge < -0.3 is 22.7 Å². The number of hydrogen-bond donors (Lipinski definition) is 0. The Kier molecular flexibility index (Phi) is 3.24. The standard InChI is InChI=1S/C7H15BF3N2/c1-12-4-3-7(5-12)13(2)6-8(9,10)11/h7H,3-6H2,1-2H3/q-1. The van der Waals surface area contributed by atoms with Crippen molar-refractivity contribution >= 4 is 6.98 Å². The van der Waals surface area contributed by atoms with E-state index < -0.39 is 13.4 Å². The summed E-state index contributed by atoms with van der Waals surface area (Å²) >= 11 is 0. The lowest BCUT2D eigenvalue weighted by atomic mass is 9.90. The first-order chi connectivity index (χ1) is 5.88. The van der Waals surface area contributed by atoms with E-state index in [2.05, 4.69) is 4.90 Å². The van der Waals surface area contributed by atoms with Crippen molar-refractivity contribution in [2.75, 3.05) is 33.6 Å². The summed E-state index contributed by atoms with van der Waals surface area (Å²) in [5.74, 6) is 0. The van der Waals surface area contributed by atoms with Gasteiger partial charge in [-0.05, 0) is 33.5 Å². The molecule has 1 saturated heterocycles. The molecule has 2 nitrogen and oxygen atoms in total. The second kappa shape index (κ2) is 3.88. The molecule has 1 atom stereocenters. The lowest BCUT2D eigenvalue weighted by Gasteiger charge is -2.29. The zero-order valence-corrected chi connectivity index (χ0v) is 8.01. The molecule has 0 saturated carbocycles. The summed E-state index contributed by atoms with van der Waals surface area (Å²) in [5.41, 5.74) is 0. The Morgan fingerprint density at radius 3 is 2.46 bits per heavy atom. The van der Waals surface area contributed by atoms with Crippen LogP contribution >= 0.6 is 0 Å². The zero-order valence-electron chi connectivity index (χ0n) is 8.01. The summed E-state index contributed by atoms with van der Waals surface area (Å²) < 4.78 is 36.2. The first kappa shape index (κ1) is 10.9. The summed E-state index contributed by atoms with van der Waals surface area (Å²) in [5, 5.41) is 0. The van der Waals surface area contributed by atoms with E-state index in [4.69, 9.17) is 0 Å². The number of hydrogen-bond acceptors (Lipinski definition) is 2. The molecule has 0 aromatic carbocycles. The van der Waals surface area contributed by atoms with Crippen LogP contribution in [0.1, 0.15) is 6.42 Å². The van der Waals surface area contributed by atoms with Gasteiger partial charge in [-0.3, -0.25) is 0 Å². The topological polar surface area (TPSA) is 6.48 Å². The molecule has 6 heteroatoms. The molecule has 0 bridgehead atoms. The van der Waals surface area contributed by atoms with E-state index in [0.29, 0.717) is 0 Å². The molecule has 1 rings (SSSR count). The molecular formula is C7H15BF3N2-. The van der Waals surface area contributed by atoms with Crippen molar-refractivity contribution in [3.8, 4) is 0 Å². The largest absolute Gasteiger partial charge is 0.492 e. The molecule has 0 spiro atoms. The lowest BCUT2D eigenvalue weighted by molar-refractivity contribution is 0.248. The number of rotatable bonds is 3. The van der Waals surface area contributed by atoms with Crippen LogP contribution in [0.2, 0.25) is 0 Å². The van der Waals surface area contributed by atoms with Crippen LogP contribution in [-0.2, 0) is 0 Å². The second-order valence-electron chi connectivity index (χ2n) is 3.85. The lowest BCUT2D eigenvalue weighted by Crippen LogP contribution is -2.42. The Labute approximate surface area is 76.7 Å². The third kappa shape index (κ3) is 3.56. The summed E-state index contributed by atoms with van der Waals surface area (Å²) in [6, 6.07) is 0.0773. The highest BCUT2D eigenvalue weighted by molar-refractivity contribution is 6.58. The fourth-order valence-corrected chi connectivity index (χ4v) is 1.75. The smallest absolute Gasteiger partial charge is 0.448 e. The predicted molar refractivity (Wildman–Crippen MR) is 47.6 cm³/mol. The molecule has 13 heavy (non-hydrogen) atoms. The molecule has 0 radical (unpaired) electrons. The van der Waals surface area contributed by atoms with Crippen LogP contribution in [0, 0.1) is 0 Å². The maximum atomic E-state index is 12.1. The van der Waals surface area contributed by atoms with Gasteiger partial charge >= 0.3 is 6.98 Å². The van der Waals surface area contributed by atoms with Gasteiger partial charge in [0.15, 0.2) is 0 Å². The molecule has 1 aliphatic rings. The van der Waals surface area contributed by atoms with E-state index in [0.717, 1.165) is 19.5 Å². The number of halogens is 3. The molecule has 0 aliphatic carbocycles. The van der Waals surface area contributed by atoms with Crippen LogP contribution in [0.4, 0.5) is 12.9 Å². The first-order valence-corrected chi connectivity index (χ1v) is 4.48. The van der Waals surface area contributed by atoms with E-state index in [-0.39, 0.29) is 6.04 Å². The van der Waals surface area contributed by atoms with Crippen molar-refractivity contribution in [2.45, 2.75) is 12.5 Å². The van der Waals surface area contributed by atoms with Crippen LogP contribution in [0.5, 0.6) is 0 Å². The number of likely N-dealkylation sites (tertiary alicyclic amines) is 1. The summed E-state index contributed by atoms with van der Waals surface area (Å²) in [7, 11) is 3.49. The Bertz CT molecular complexity index is 174. The van der Waals surface area contributed by atoms with Gasteiger partial charge in [0.05, 0.1) is 0 Å². The minimum absolute atomic E-state index is 0.0773. The van der Waals surface area contributed by atoms with Crippen LogP contribution in [0.25, 0.3) is 0 Å². The number of nitrogens with zero attached hydrogens (tertiary/aromatic N) is 2. The van der Waals surface area contributed by atoms with E-state index in [1.807, 2.05) is 7.05 Å². The molecule has 0 amide bonds. The van der Waals surface area contributed by atoms with Gasteiger partial charge in [0.25, 0.3) is 0 Å². The third-order valence-electron chi connectivity index (χ3n) is 2.48. The molecule has 0 aromatic heterocycles. The van der Waals surface area contributed by atoms with Gasteiger partial charge in [-0.25, -0.2) is 0 Å². The molecule has 0 N–H and O–H groups in total. The molecule has 1 aliphatic heterocycles. The molecule has 78 valence electrons. The van der Waals surface area contributed by atoms with E-state index in [1.54, 1.807) is 7.05 Å². The quantitative estimate of drug-likeness (QED) is 0.620. The highest BCUT2D eigenvalue weighted by Crippen LogP contribution is 2.16. The van der Waals surface area contributed by atoms with Gasteiger partial charge in [-0.15, -0.1) is 0 Å².